The summed E-state index contributed by atoms with van der Waals surface area (Å²) >= 11 is 0. The zero-order valence-electron chi connectivity index (χ0n) is 14.7. The minimum atomic E-state index is -0.558. The number of amides is 2. The van der Waals surface area contributed by atoms with Crippen LogP contribution in [0.5, 0.6) is 0 Å². The lowest BCUT2D eigenvalue weighted by molar-refractivity contribution is 0.0831. The normalized spacial score (nSPS) is 10.4. The third kappa shape index (κ3) is 3.43. The molecule has 6 heteroatoms. The first kappa shape index (κ1) is 17.4. The first-order chi connectivity index (χ1) is 13.7. The quantitative estimate of drug-likeness (QED) is 0.524. The van der Waals surface area contributed by atoms with Gasteiger partial charge in [0.25, 0.3) is 5.91 Å². The summed E-state index contributed by atoms with van der Waals surface area (Å²) in [4.78, 5) is 24.7. The lowest BCUT2D eigenvalue weighted by atomic mass is 9.96. The van der Waals surface area contributed by atoms with E-state index in [2.05, 4.69) is 10.9 Å². The average Bonchev–Trinajstić information content (AvgIpc) is 3.43. The van der Waals surface area contributed by atoms with Crippen LogP contribution in [0, 0.1) is 0 Å². The highest BCUT2D eigenvalue weighted by molar-refractivity contribution is 6.04. The number of hydrazine groups is 1. The monoisotopic (exact) mass is 372 g/mol. The van der Waals surface area contributed by atoms with Gasteiger partial charge in [-0.15, -0.1) is 0 Å². The van der Waals surface area contributed by atoms with Crippen molar-refractivity contribution in [2.45, 2.75) is 0 Å². The summed E-state index contributed by atoms with van der Waals surface area (Å²) in [6.45, 7) is 0. The first-order valence-corrected chi connectivity index (χ1v) is 8.59. The fraction of sp³-hybridized carbons (Fsp3) is 0. The Morgan fingerprint density at radius 2 is 1.36 bits per heavy atom. The summed E-state index contributed by atoms with van der Waals surface area (Å²) in [6, 6.07) is 20.6. The van der Waals surface area contributed by atoms with Gasteiger partial charge >= 0.3 is 5.91 Å². The third-order valence-electron chi connectivity index (χ3n) is 4.22. The van der Waals surface area contributed by atoms with Crippen molar-refractivity contribution < 1.29 is 18.4 Å². The second-order valence-corrected chi connectivity index (χ2v) is 6.01. The number of hydrogen-bond donors (Lipinski definition) is 2. The van der Waals surface area contributed by atoms with Gasteiger partial charge in [-0.2, -0.15) is 0 Å². The molecule has 2 amide bonds. The lowest BCUT2D eigenvalue weighted by Gasteiger charge is -2.08. The summed E-state index contributed by atoms with van der Waals surface area (Å²) < 4.78 is 10.5. The molecular weight excluding hydrogens is 356 g/mol. The molecule has 28 heavy (non-hydrogen) atoms. The molecule has 0 fully saturated rings. The topological polar surface area (TPSA) is 84.5 Å². The summed E-state index contributed by atoms with van der Waals surface area (Å²) in [6.07, 6.45) is 4.21. The van der Waals surface area contributed by atoms with Crippen molar-refractivity contribution in [3.8, 4) is 22.3 Å². The molecule has 2 aromatic heterocycles. The fourth-order valence-corrected chi connectivity index (χ4v) is 2.88. The molecule has 0 spiro atoms. The van der Waals surface area contributed by atoms with Crippen LogP contribution in [-0.4, -0.2) is 11.8 Å². The van der Waals surface area contributed by atoms with E-state index >= 15 is 0 Å². The number of carbonyl (C=O) groups is 2. The molecule has 0 atom stereocenters. The first-order valence-electron chi connectivity index (χ1n) is 8.59. The number of hydrogen-bond acceptors (Lipinski definition) is 4. The van der Waals surface area contributed by atoms with Gasteiger partial charge in [-0.3, -0.25) is 20.4 Å². The molecule has 0 aliphatic rings. The van der Waals surface area contributed by atoms with Crippen LogP contribution in [-0.2, 0) is 0 Å². The van der Waals surface area contributed by atoms with Crippen molar-refractivity contribution in [3.63, 3.8) is 0 Å². The van der Waals surface area contributed by atoms with Crippen LogP contribution in [0.15, 0.2) is 94.4 Å². The van der Waals surface area contributed by atoms with Crippen molar-refractivity contribution in [1.29, 1.82) is 0 Å². The highest BCUT2D eigenvalue weighted by Gasteiger charge is 2.23. The maximum Gasteiger partial charge on any atom is 0.306 e. The maximum atomic E-state index is 12.7. The van der Waals surface area contributed by atoms with E-state index in [9.17, 15) is 9.59 Å². The smallest absolute Gasteiger partial charge is 0.306 e. The van der Waals surface area contributed by atoms with Crippen LogP contribution < -0.4 is 10.9 Å². The van der Waals surface area contributed by atoms with Crippen molar-refractivity contribution >= 4 is 11.8 Å². The summed E-state index contributed by atoms with van der Waals surface area (Å²) in [5.41, 5.74) is 8.24. The van der Waals surface area contributed by atoms with Crippen LogP contribution in [0.3, 0.4) is 0 Å². The van der Waals surface area contributed by atoms with Crippen LogP contribution >= 0.6 is 0 Å². The molecule has 138 valence electrons. The molecule has 4 rings (SSSR count). The minimum absolute atomic E-state index is 0.109. The fourth-order valence-electron chi connectivity index (χ4n) is 2.88. The Morgan fingerprint density at radius 1 is 0.714 bits per heavy atom. The number of rotatable bonds is 4. The zero-order chi connectivity index (χ0) is 19.3. The van der Waals surface area contributed by atoms with E-state index in [1.165, 1.54) is 18.6 Å². The average molecular weight is 372 g/mol. The number of nitrogens with one attached hydrogen (secondary N) is 2. The molecule has 0 radical (unpaired) electrons. The van der Waals surface area contributed by atoms with E-state index in [-0.39, 0.29) is 5.76 Å². The van der Waals surface area contributed by atoms with Gasteiger partial charge in [-0.05, 0) is 17.2 Å². The molecule has 4 aromatic rings. The predicted octanol–water partition coefficient (Wildman–Crippen LogP) is 4.28. The SMILES string of the molecule is O=C(NNC(=O)c1occ(-c2ccccc2)c1-c1ccccc1)c1ccoc1. The highest BCUT2D eigenvalue weighted by atomic mass is 16.3. The van der Waals surface area contributed by atoms with Crippen LogP contribution in [0.25, 0.3) is 22.3 Å². The van der Waals surface area contributed by atoms with Gasteiger partial charge in [0, 0.05) is 11.1 Å². The molecule has 0 saturated carbocycles. The Hall–Kier alpha value is -4.06. The Morgan fingerprint density at radius 3 is 2.00 bits per heavy atom. The molecule has 0 aliphatic carbocycles. The van der Waals surface area contributed by atoms with Crippen molar-refractivity contribution in [2.75, 3.05) is 0 Å². The van der Waals surface area contributed by atoms with E-state index in [1.807, 2.05) is 60.7 Å². The summed E-state index contributed by atoms with van der Waals surface area (Å²) in [7, 11) is 0. The van der Waals surface area contributed by atoms with Crippen LogP contribution in [0.2, 0.25) is 0 Å². The maximum absolute atomic E-state index is 12.7. The van der Waals surface area contributed by atoms with Crippen molar-refractivity contribution in [2.24, 2.45) is 0 Å². The second-order valence-electron chi connectivity index (χ2n) is 6.01. The summed E-state index contributed by atoms with van der Waals surface area (Å²) in [5.74, 6) is -0.936. The van der Waals surface area contributed by atoms with Crippen LogP contribution in [0.1, 0.15) is 20.9 Å². The highest BCUT2D eigenvalue weighted by Crippen LogP contribution is 2.36. The number of benzene rings is 2. The van der Waals surface area contributed by atoms with Gasteiger partial charge in [0.15, 0.2) is 0 Å². The number of carbonyl (C=O) groups excluding carboxylic acids is 2. The number of furan rings is 2. The summed E-state index contributed by atoms with van der Waals surface area (Å²) in [5, 5.41) is 0. The second kappa shape index (κ2) is 7.67. The zero-order valence-corrected chi connectivity index (χ0v) is 14.7. The molecule has 0 aliphatic heterocycles. The van der Waals surface area contributed by atoms with E-state index < -0.39 is 11.8 Å². The van der Waals surface area contributed by atoms with Gasteiger partial charge in [0.1, 0.15) is 6.26 Å². The minimum Gasteiger partial charge on any atom is -0.472 e. The van der Waals surface area contributed by atoms with Gasteiger partial charge in [0.2, 0.25) is 5.76 Å². The third-order valence-corrected chi connectivity index (χ3v) is 4.22. The standard InChI is InChI=1S/C22H16N2O4/c25-21(17-11-12-27-13-17)23-24-22(26)20-19(16-9-5-2-6-10-16)18(14-28-20)15-7-3-1-4-8-15/h1-14H,(H,23,25)(H,24,26). The van der Waals surface area contributed by atoms with Crippen molar-refractivity contribution in [1.82, 2.24) is 10.9 Å². The van der Waals surface area contributed by atoms with E-state index in [1.54, 1.807) is 6.26 Å². The van der Waals surface area contributed by atoms with E-state index in [0.29, 0.717) is 11.1 Å². The predicted molar refractivity (Wildman–Crippen MR) is 103 cm³/mol. The van der Waals surface area contributed by atoms with Crippen molar-refractivity contribution in [3.05, 3.63) is 96.8 Å². The molecule has 0 unspecified atom stereocenters. The molecule has 2 heterocycles. The lowest BCUT2D eigenvalue weighted by Crippen LogP contribution is -2.41. The Balaban J connectivity index is 1.66. The molecule has 0 bridgehead atoms. The van der Waals surface area contributed by atoms with Crippen LogP contribution in [0.4, 0.5) is 0 Å². The molecular formula is C22H16N2O4. The molecule has 2 N–H and O–H groups in total. The van der Waals surface area contributed by atoms with Gasteiger partial charge in [-0.25, -0.2) is 0 Å². The van der Waals surface area contributed by atoms with E-state index in [0.717, 1.165) is 16.7 Å². The Labute approximate surface area is 160 Å². The Kier molecular flexibility index (Phi) is 4.76. The largest absolute Gasteiger partial charge is 0.472 e. The van der Waals surface area contributed by atoms with Gasteiger partial charge < -0.3 is 8.83 Å². The Bertz CT molecular complexity index is 1080. The molecule has 0 saturated heterocycles. The van der Waals surface area contributed by atoms with E-state index in [4.69, 9.17) is 8.83 Å². The van der Waals surface area contributed by atoms with Gasteiger partial charge in [-0.1, -0.05) is 60.7 Å². The van der Waals surface area contributed by atoms with Gasteiger partial charge in [0.05, 0.1) is 18.1 Å². The molecule has 6 nitrogen and oxygen atoms in total. The molecule has 2 aromatic carbocycles.